The smallest absolute Gasteiger partial charge is 0.317 e. The van der Waals surface area contributed by atoms with Gasteiger partial charge in [0, 0.05) is 32.2 Å². The average Bonchev–Trinajstić information content (AvgIpc) is 2.92. The Morgan fingerprint density at radius 3 is 2.52 bits per heavy atom. The summed E-state index contributed by atoms with van der Waals surface area (Å²) in [6.07, 6.45) is 7.94. The van der Waals surface area contributed by atoms with E-state index >= 15 is 0 Å². The molecule has 3 amide bonds. The molecule has 3 saturated carbocycles. The normalized spacial score (nSPS) is 31.3. The van der Waals surface area contributed by atoms with Crippen molar-refractivity contribution < 1.29 is 9.59 Å². The van der Waals surface area contributed by atoms with Gasteiger partial charge in [0.15, 0.2) is 0 Å². The van der Waals surface area contributed by atoms with E-state index in [2.05, 4.69) is 10.6 Å². The second kappa shape index (κ2) is 7.53. The molecule has 1 aromatic carbocycles. The molecule has 4 rings (SSSR count). The highest BCUT2D eigenvalue weighted by Crippen LogP contribution is 2.53. The van der Waals surface area contributed by atoms with Gasteiger partial charge in [0.25, 0.3) is 5.91 Å². The van der Waals surface area contributed by atoms with Gasteiger partial charge in [-0.3, -0.25) is 4.79 Å². The molecule has 0 saturated heterocycles. The highest BCUT2D eigenvalue weighted by atomic mass is 16.2. The Balaban J connectivity index is 1.38. The maximum Gasteiger partial charge on any atom is 0.317 e. The third-order valence-corrected chi connectivity index (χ3v) is 7.07. The third-order valence-electron chi connectivity index (χ3n) is 7.07. The Morgan fingerprint density at radius 2 is 1.78 bits per heavy atom. The van der Waals surface area contributed by atoms with Crippen LogP contribution in [0.5, 0.6) is 0 Å². The van der Waals surface area contributed by atoms with Crippen LogP contribution in [-0.2, 0) is 6.54 Å². The second-order valence-corrected chi connectivity index (χ2v) is 8.86. The molecule has 0 aliphatic heterocycles. The number of fused-ring (bicyclic) bond motifs is 2. The van der Waals surface area contributed by atoms with E-state index in [1.807, 2.05) is 24.3 Å². The lowest BCUT2D eigenvalue weighted by Crippen LogP contribution is -2.41. The van der Waals surface area contributed by atoms with Crippen LogP contribution in [0, 0.1) is 23.7 Å². The van der Waals surface area contributed by atoms with Gasteiger partial charge in [0.05, 0.1) is 0 Å². The van der Waals surface area contributed by atoms with Crippen LogP contribution in [0.3, 0.4) is 0 Å². The number of rotatable bonds is 4. The van der Waals surface area contributed by atoms with E-state index in [0.29, 0.717) is 24.1 Å². The molecule has 3 bridgehead atoms. The minimum absolute atomic E-state index is 0.0485. The molecule has 146 valence electrons. The van der Waals surface area contributed by atoms with E-state index in [0.717, 1.165) is 29.7 Å². The monoisotopic (exact) mass is 369 g/mol. The number of carbonyl (C=O) groups excluding carboxylic acids is 2. The van der Waals surface area contributed by atoms with E-state index < -0.39 is 0 Å². The van der Waals surface area contributed by atoms with E-state index in [4.69, 9.17) is 0 Å². The average molecular weight is 370 g/mol. The summed E-state index contributed by atoms with van der Waals surface area (Å²) in [5.74, 6) is 3.39. The predicted octanol–water partition coefficient (Wildman–Crippen LogP) is 3.40. The van der Waals surface area contributed by atoms with Gasteiger partial charge in [0.2, 0.25) is 0 Å². The van der Waals surface area contributed by atoms with Crippen LogP contribution >= 0.6 is 0 Å². The van der Waals surface area contributed by atoms with Gasteiger partial charge in [-0.15, -0.1) is 0 Å². The molecule has 0 spiro atoms. The quantitative estimate of drug-likeness (QED) is 0.854. The molecule has 5 nitrogen and oxygen atoms in total. The predicted molar refractivity (Wildman–Crippen MR) is 105 cm³/mol. The van der Waals surface area contributed by atoms with Gasteiger partial charge < -0.3 is 15.5 Å². The Hall–Kier alpha value is -2.04. The summed E-state index contributed by atoms with van der Waals surface area (Å²) in [5, 5.41) is 5.97. The van der Waals surface area contributed by atoms with Crippen molar-refractivity contribution in [2.24, 2.45) is 23.7 Å². The van der Waals surface area contributed by atoms with Gasteiger partial charge in [-0.1, -0.05) is 12.1 Å². The minimum atomic E-state index is -0.116. The molecule has 3 aliphatic carbocycles. The van der Waals surface area contributed by atoms with E-state index in [9.17, 15) is 9.59 Å². The van der Waals surface area contributed by atoms with Crippen LogP contribution in [0.2, 0.25) is 0 Å². The minimum Gasteiger partial charge on any atom is -0.349 e. The SMILES string of the molecule is CNC(=O)N(C)Cc1ccc(C(=O)NC2CCC3CC4CC(C3)C2C4)cc1. The summed E-state index contributed by atoms with van der Waals surface area (Å²) < 4.78 is 0. The summed E-state index contributed by atoms with van der Waals surface area (Å²) in [4.78, 5) is 26.0. The van der Waals surface area contributed by atoms with Gasteiger partial charge in [-0.05, 0) is 79.9 Å². The van der Waals surface area contributed by atoms with Crippen LogP contribution in [0.1, 0.15) is 54.4 Å². The molecular formula is C22H31N3O2. The van der Waals surface area contributed by atoms with Crippen molar-refractivity contribution in [2.45, 2.75) is 51.1 Å². The van der Waals surface area contributed by atoms with Crippen molar-refractivity contribution in [3.8, 4) is 0 Å². The van der Waals surface area contributed by atoms with Crippen LogP contribution < -0.4 is 10.6 Å². The van der Waals surface area contributed by atoms with Crippen molar-refractivity contribution in [3.63, 3.8) is 0 Å². The molecule has 2 N–H and O–H groups in total. The van der Waals surface area contributed by atoms with Crippen molar-refractivity contribution in [1.82, 2.24) is 15.5 Å². The van der Waals surface area contributed by atoms with Crippen molar-refractivity contribution in [3.05, 3.63) is 35.4 Å². The lowest BCUT2D eigenvalue weighted by atomic mass is 9.80. The number of benzene rings is 1. The Kier molecular flexibility index (Phi) is 5.11. The molecule has 3 aliphatic rings. The van der Waals surface area contributed by atoms with Crippen molar-refractivity contribution >= 4 is 11.9 Å². The van der Waals surface area contributed by atoms with E-state index in [-0.39, 0.29) is 11.9 Å². The summed E-state index contributed by atoms with van der Waals surface area (Å²) in [5.41, 5.74) is 1.73. The number of hydrogen-bond donors (Lipinski definition) is 2. The first-order valence-corrected chi connectivity index (χ1v) is 10.4. The standard InChI is InChI=1S/C22H31N3O2/c1-23-22(27)25(2)13-14-3-6-17(7-4-14)21(26)24-20-8-5-15-9-16-11-18(10-15)19(20)12-16/h3-4,6-7,15-16,18-20H,5,8-13H2,1-2H3,(H,23,27)(H,24,26). The number of nitrogens with one attached hydrogen (secondary N) is 2. The van der Waals surface area contributed by atoms with Crippen LogP contribution in [0.25, 0.3) is 0 Å². The molecular weight excluding hydrogens is 338 g/mol. The molecule has 0 heterocycles. The van der Waals surface area contributed by atoms with Crippen molar-refractivity contribution in [1.29, 1.82) is 0 Å². The van der Waals surface area contributed by atoms with Crippen LogP contribution in [0.15, 0.2) is 24.3 Å². The number of urea groups is 1. The molecule has 1 aromatic rings. The molecule has 5 unspecified atom stereocenters. The second-order valence-electron chi connectivity index (χ2n) is 8.86. The summed E-state index contributed by atoms with van der Waals surface area (Å²) in [7, 11) is 3.38. The molecule has 5 atom stereocenters. The first kappa shape index (κ1) is 18.3. The van der Waals surface area contributed by atoms with E-state index in [1.54, 1.807) is 19.0 Å². The van der Waals surface area contributed by atoms with Gasteiger partial charge in [0.1, 0.15) is 0 Å². The zero-order chi connectivity index (χ0) is 19.0. The number of amides is 3. The number of carbonyl (C=O) groups is 2. The Morgan fingerprint density at radius 1 is 1.04 bits per heavy atom. The number of nitrogens with zero attached hydrogens (tertiary/aromatic N) is 1. The zero-order valence-corrected chi connectivity index (χ0v) is 16.4. The van der Waals surface area contributed by atoms with E-state index in [1.165, 1.54) is 32.1 Å². The lowest BCUT2D eigenvalue weighted by molar-refractivity contribution is 0.0912. The maximum atomic E-state index is 12.8. The highest BCUT2D eigenvalue weighted by molar-refractivity contribution is 5.94. The van der Waals surface area contributed by atoms with Crippen LogP contribution in [0.4, 0.5) is 4.79 Å². The fourth-order valence-corrected chi connectivity index (χ4v) is 5.82. The Labute approximate surface area is 161 Å². The molecule has 5 heteroatoms. The summed E-state index contributed by atoms with van der Waals surface area (Å²) in [6.45, 7) is 0.525. The van der Waals surface area contributed by atoms with Crippen molar-refractivity contribution in [2.75, 3.05) is 14.1 Å². The van der Waals surface area contributed by atoms with Gasteiger partial charge in [-0.25, -0.2) is 4.79 Å². The molecule has 0 aromatic heterocycles. The largest absolute Gasteiger partial charge is 0.349 e. The third kappa shape index (κ3) is 3.83. The summed E-state index contributed by atoms with van der Waals surface area (Å²) >= 11 is 0. The van der Waals surface area contributed by atoms with Gasteiger partial charge >= 0.3 is 6.03 Å². The molecule has 27 heavy (non-hydrogen) atoms. The fraction of sp³-hybridized carbons (Fsp3) is 0.636. The number of hydrogen-bond acceptors (Lipinski definition) is 2. The zero-order valence-electron chi connectivity index (χ0n) is 16.4. The first-order valence-electron chi connectivity index (χ1n) is 10.4. The Bertz CT molecular complexity index is 702. The highest BCUT2D eigenvalue weighted by Gasteiger charge is 2.46. The topological polar surface area (TPSA) is 61.4 Å². The molecule has 3 fully saturated rings. The first-order chi connectivity index (χ1) is 13.0. The lowest BCUT2D eigenvalue weighted by Gasteiger charge is -2.27. The van der Waals surface area contributed by atoms with Gasteiger partial charge in [-0.2, -0.15) is 0 Å². The maximum absolute atomic E-state index is 12.8. The van der Waals surface area contributed by atoms with Crippen LogP contribution in [-0.4, -0.2) is 37.0 Å². The molecule has 0 radical (unpaired) electrons. The fourth-order valence-electron chi connectivity index (χ4n) is 5.82. The summed E-state index contributed by atoms with van der Waals surface area (Å²) in [6, 6.07) is 7.86.